The van der Waals surface area contributed by atoms with Gasteiger partial charge in [0.15, 0.2) is 5.65 Å². The highest BCUT2D eigenvalue weighted by atomic mass is 32.2. The molecule has 3 aromatic heterocycles. The first-order valence-corrected chi connectivity index (χ1v) is 12.3. The summed E-state index contributed by atoms with van der Waals surface area (Å²) in [5.74, 6) is 0.742. The number of nitrogens with zero attached hydrogens (tertiary/aromatic N) is 6. The van der Waals surface area contributed by atoms with Crippen LogP contribution in [0.15, 0.2) is 47.7 Å². The van der Waals surface area contributed by atoms with E-state index in [2.05, 4.69) is 20.0 Å². The van der Waals surface area contributed by atoms with Gasteiger partial charge in [-0.05, 0) is 28.3 Å². The molecule has 33 heavy (non-hydrogen) atoms. The minimum absolute atomic E-state index is 0.295. The minimum atomic E-state index is -3.20. The van der Waals surface area contributed by atoms with E-state index < -0.39 is 10.0 Å². The Morgan fingerprint density at radius 3 is 2.52 bits per heavy atom. The quantitative estimate of drug-likeness (QED) is 0.403. The van der Waals surface area contributed by atoms with Crippen LogP contribution < -0.4 is 20.3 Å². The van der Waals surface area contributed by atoms with E-state index in [9.17, 15) is 13.2 Å². The Balaban J connectivity index is 1.55. The molecule has 0 spiro atoms. The Bertz CT molecular complexity index is 1490. The number of H-pyrrole nitrogens is 1. The zero-order valence-electron chi connectivity index (χ0n) is 18.3. The van der Waals surface area contributed by atoms with Crippen molar-refractivity contribution in [3.63, 3.8) is 0 Å². The lowest BCUT2D eigenvalue weighted by Gasteiger charge is -2.34. The number of rotatable bonds is 5. The maximum absolute atomic E-state index is 13.2. The van der Waals surface area contributed by atoms with Gasteiger partial charge in [-0.15, -0.1) is 0 Å². The fourth-order valence-corrected chi connectivity index (χ4v) is 4.98. The first-order chi connectivity index (χ1) is 15.8. The molecule has 0 bridgehead atoms. The summed E-state index contributed by atoms with van der Waals surface area (Å²) in [6, 6.07) is 9.49. The monoisotopic (exact) mass is 470 g/mol. The number of pyridine rings is 1. The second-order valence-electron chi connectivity index (χ2n) is 7.98. The third kappa shape index (κ3) is 3.91. The molecule has 0 saturated carbocycles. The smallest absolute Gasteiger partial charge is 0.425 e. The molecule has 0 radical (unpaired) electrons. The van der Waals surface area contributed by atoms with Gasteiger partial charge in [-0.2, -0.15) is 4.31 Å². The predicted octanol–water partition coefficient (Wildman–Crippen LogP) is -0.00320. The summed E-state index contributed by atoms with van der Waals surface area (Å²) in [4.78, 5) is 22.9. The zero-order chi connectivity index (χ0) is 23.2. The van der Waals surface area contributed by atoms with Gasteiger partial charge < -0.3 is 9.64 Å². The van der Waals surface area contributed by atoms with Crippen molar-refractivity contribution >= 4 is 32.4 Å². The molecule has 1 saturated heterocycles. The largest absolute Gasteiger partial charge is 0.497 e. The standard InChI is InChI=1S/C21H23N7O4S/c1-32-17-5-3-15(4-6-17)13-27-19-18(20-23-14-24-28(20)21(27)29)11-16(12-22-19)25-7-9-26(10-8-25)33(2,30)31/h3-6,11-12,14H,7-10,13H2,1-2H3/p+1. The fraction of sp³-hybridized carbons (Fsp3) is 0.333. The van der Waals surface area contributed by atoms with Gasteiger partial charge in [-0.3, -0.25) is 4.57 Å². The summed E-state index contributed by atoms with van der Waals surface area (Å²) < 4.78 is 33.3. The van der Waals surface area contributed by atoms with Crippen molar-refractivity contribution in [1.29, 1.82) is 0 Å². The van der Waals surface area contributed by atoms with Gasteiger partial charge >= 0.3 is 5.69 Å². The molecule has 11 nitrogen and oxygen atoms in total. The van der Waals surface area contributed by atoms with Gasteiger partial charge in [0.05, 0.1) is 37.2 Å². The van der Waals surface area contributed by atoms with E-state index in [1.807, 2.05) is 30.3 Å². The molecule has 12 heteroatoms. The number of ether oxygens (including phenoxy) is 1. The Hall–Kier alpha value is -3.51. The molecule has 1 aliphatic heterocycles. The molecule has 1 aliphatic rings. The number of nitrogens with one attached hydrogen (secondary N) is 1. The molecular formula is C21H24N7O4S+. The molecule has 0 atom stereocenters. The summed E-state index contributed by atoms with van der Waals surface area (Å²) in [6.07, 6.45) is 4.44. The summed E-state index contributed by atoms with van der Waals surface area (Å²) >= 11 is 0. The molecule has 4 heterocycles. The highest BCUT2D eigenvalue weighted by molar-refractivity contribution is 7.88. The number of hydrogen-bond acceptors (Lipinski definition) is 7. The predicted molar refractivity (Wildman–Crippen MR) is 122 cm³/mol. The first-order valence-electron chi connectivity index (χ1n) is 10.5. The Morgan fingerprint density at radius 1 is 1.12 bits per heavy atom. The number of hydrogen-bond donors (Lipinski definition) is 0. The topological polar surface area (TPSA) is 116 Å². The fourth-order valence-electron chi connectivity index (χ4n) is 4.15. The number of aromatic amines is 1. The molecule has 5 rings (SSSR count). The number of benzene rings is 1. The van der Waals surface area contributed by atoms with Gasteiger partial charge in [0.1, 0.15) is 5.75 Å². The number of piperazine rings is 1. The van der Waals surface area contributed by atoms with Crippen molar-refractivity contribution in [1.82, 2.24) is 23.5 Å². The van der Waals surface area contributed by atoms with E-state index >= 15 is 0 Å². The van der Waals surface area contributed by atoms with Crippen LogP contribution in [0.5, 0.6) is 5.75 Å². The minimum Gasteiger partial charge on any atom is -0.497 e. The highest BCUT2D eigenvalue weighted by Gasteiger charge is 2.25. The Labute approximate surface area is 189 Å². The van der Waals surface area contributed by atoms with Crippen molar-refractivity contribution in [2.24, 2.45) is 0 Å². The molecule has 1 N–H and O–H groups in total. The van der Waals surface area contributed by atoms with Gasteiger partial charge in [-0.25, -0.2) is 23.2 Å². The third-order valence-corrected chi connectivity index (χ3v) is 7.24. The van der Waals surface area contributed by atoms with E-state index in [-0.39, 0.29) is 5.69 Å². The molecule has 0 aliphatic carbocycles. The van der Waals surface area contributed by atoms with Crippen LogP contribution in [-0.4, -0.2) is 71.4 Å². The number of aromatic nitrogens is 5. The van der Waals surface area contributed by atoms with Crippen molar-refractivity contribution in [3.05, 3.63) is 58.9 Å². The maximum Gasteiger partial charge on any atom is 0.425 e. The van der Waals surface area contributed by atoms with Gasteiger partial charge in [0, 0.05) is 31.3 Å². The van der Waals surface area contributed by atoms with Crippen LogP contribution in [0.2, 0.25) is 0 Å². The van der Waals surface area contributed by atoms with Crippen LogP contribution in [0.1, 0.15) is 5.56 Å². The molecule has 0 amide bonds. The lowest BCUT2D eigenvalue weighted by atomic mass is 10.2. The highest BCUT2D eigenvalue weighted by Crippen LogP contribution is 2.23. The molecule has 172 valence electrons. The van der Waals surface area contributed by atoms with Crippen LogP contribution in [0.25, 0.3) is 16.7 Å². The number of fused-ring (bicyclic) bond motifs is 3. The SMILES string of the molecule is COc1ccc(Cn2c(=O)n3nc[nH+]c3c3cc(N4CCN(S(C)(=O)=O)CC4)cnc32)cc1. The number of methoxy groups -OCH3 is 1. The van der Waals surface area contributed by atoms with Gasteiger partial charge in [0.2, 0.25) is 10.0 Å². The molecular weight excluding hydrogens is 446 g/mol. The lowest BCUT2D eigenvalue weighted by molar-refractivity contribution is -0.345. The molecule has 1 aromatic carbocycles. The Kier molecular flexibility index (Phi) is 5.25. The number of sulfonamides is 1. The second kappa shape index (κ2) is 8.12. The van der Waals surface area contributed by atoms with Crippen molar-refractivity contribution in [3.8, 4) is 5.75 Å². The van der Waals surface area contributed by atoms with E-state index in [1.54, 1.807) is 17.9 Å². The normalized spacial score (nSPS) is 15.4. The van der Waals surface area contributed by atoms with Crippen LogP contribution in [0.3, 0.4) is 0 Å². The summed E-state index contributed by atoms with van der Waals surface area (Å²) in [6.45, 7) is 2.29. The van der Waals surface area contributed by atoms with E-state index in [4.69, 9.17) is 4.74 Å². The average molecular weight is 471 g/mol. The summed E-state index contributed by atoms with van der Waals surface area (Å²) in [7, 11) is -1.59. The van der Waals surface area contributed by atoms with E-state index in [1.165, 1.54) is 21.4 Å². The van der Waals surface area contributed by atoms with Crippen LogP contribution in [-0.2, 0) is 16.6 Å². The Morgan fingerprint density at radius 2 is 1.85 bits per heavy atom. The van der Waals surface area contributed by atoms with Crippen molar-refractivity contribution in [2.75, 3.05) is 44.4 Å². The molecule has 4 aromatic rings. The maximum atomic E-state index is 13.2. The van der Waals surface area contributed by atoms with Crippen LogP contribution >= 0.6 is 0 Å². The van der Waals surface area contributed by atoms with Crippen LogP contribution in [0, 0.1) is 0 Å². The van der Waals surface area contributed by atoms with Gasteiger partial charge in [0.25, 0.3) is 12.0 Å². The van der Waals surface area contributed by atoms with E-state index in [0.717, 1.165) is 22.4 Å². The van der Waals surface area contributed by atoms with Crippen molar-refractivity contribution in [2.45, 2.75) is 6.54 Å². The summed E-state index contributed by atoms with van der Waals surface area (Å²) in [5, 5.41) is 4.92. The summed E-state index contributed by atoms with van der Waals surface area (Å²) in [5.41, 5.74) is 2.60. The number of anilines is 1. The molecule has 1 fully saturated rings. The zero-order valence-corrected chi connectivity index (χ0v) is 19.1. The second-order valence-corrected chi connectivity index (χ2v) is 9.96. The molecule has 0 unspecified atom stereocenters. The van der Waals surface area contributed by atoms with E-state index in [0.29, 0.717) is 44.0 Å². The first kappa shape index (κ1) is 21.3. The average Bonchev–Trinajstić information content (AvgIpc) is 3.32. The lowest BCUT2D eigenvalue weighted by Crippen LogP contribution is -2.48. The van der Waals surface area contributed by atoms with Crippen LogP contribution in [0.4, 0.5) is 5.69 Å². The van der Waals surface area contributed by atoms with Gasteiger partial charge in [-0.1, -0.05) is 12.1 Å². The van der Waals surface area contributed by atoms with Crippen molar-refractivity contribution < 1.29 is 18.1 Å². The third-order valence-electron chi connectivity index (χ3n) is 5.93.